The third-order valence-electron chi connectivity index (χ3n) is 0.798. The van der Waals surface area contributed by atoms with Gasteiger partial charge in [-0.05, 0) is 0 Å². The molecular formula is C7H10OW. The number of aldehydes is 1. The van der Waals surface area contributed by atoms with Crippen LogP contribution in [-0.2, 0) is 24.1 Å². The van der Waals surface area contributed by atoms with Crippen molar-refractivity contribution in [3.05, 3.63) is 11.6 Å². The van der Waals surface area contributed by atoms with E-state index in [4.69, 9.17) is 0 Å². The SMILES string of the molecule is CC(C)C=C(C=O)[CH]=[W]. The Labute approximate surface area is 66.6 Å². The number of carbonyl (C=O) groups excluding carboxylic acids is 1. The van der Waals surface area contributed by atoms with Gasteiger partial charge >= 0.3 is 66.2 Å². The van der Waals surface area contributed by atoms with Crippen molar-refractivity contribution in [2.24, 2.45) is 5.92 Å². The molecule has 0 radical (unpaired) electrons. The van der Waals surface area contributed by atoms with Crippen LogP contribution in [0.1, 0.15) is 13.8 Å². The van der Waals surface area contributed by atoms with Crippen LogP contribution in [0.15, 0.2) is 11.6 Å². The van der Waals surface area contributed by atoms with Crippen molar-refractivity contribution in [1.82, 2.24) is 0 Å². The molecule has 0 aromatic rings. The van der Waals surface area contributed by atoms with E-state index >= 15 is 0 Å². The minimum atomic E-state index is 0.473. The average molecular weight is 294 g/mol. The number of allylic oxidation sites excluding steroid dienone is 2. The predicted octanol–water partition coefficient (Wildman–Crippen LogP) is 1.12. The number of carbonyl (C=O) groups is 1. The van der Waals surface area contributed by atoms with Crippen molar-refractivity contribution in [1.29, 1.82) is 0 Å². The summed E-state index contributed by atoms with van der Waals surface area (Å²) >= 11 is 1.32. The molecule has 0 bridgehead atoms. The zero-order valence-corrected chi connectivity index (χ0v) is 8.56. The number of rotatable bonds is 3. The Kier molecular flexibility index (Phi) is 4.79. The van der Waals surface area contributed by atoms with Crippen molar-refractivity contribution in [2.75, 3.05) is 0 Å². The Balaban J connectivity index is 4.06. The van der Waals surface area contributed by atoms with Crippen LogP contribution in [0.25, 0.3) is 0 Å². The maximum absolute atomic E-state index is 10.2. The quantitative estimate of drug-likeness (QED) is 0.563. The van der Waals surface area contributed by atoms with Gasteiger partial charge in [0.25, 0.3) is 0 Å². The summed E-state index contributed by atoms with van der Waals surface area (Å²) in [6, 6.07) is 0. The molecule has 0 N–H and O–H groups in total. The Morgan fingerprint density at radius 3 is 2.22 bits per heavy atom. The maximum atomic E-state index is 10.2. The molecule has 2 heteroatoms. The van der Waals surface area contributed by atoms with Gasteiger partial charge in [0.2, 0.25) is 0 Å². The second-order valence-electron chi connectivity index (χ2n) is 2.15. The summed E-state index contributed by atoms with van der Waals surface area (Å²) in [6.45, 7) is 4.12. The van der Waals surface area contributed by atoms with Crippen LogP contribution >= 0.6 is 0 Å². The van der Waals surface area contributed by atoms with E-state index in [1.54, 1.807) is 0 Å². The normalized spacial score (nSPS) is 11.7. The van der Waals surface area contributed by atoms with Crippen LogP contribution in [-0.4, -0.2) is 10.7 Å². The van der Waals surface area contributed by atoms with E-state index in [0.717, 1.165) is 11.9 Å². The van der Waals surface area contributed by atoms with E-state index < -0.39 is 0 Å². The standard InChI is InChI=1S/C7H10O.W/c1-6(2)4-7(3)5-8;/h3-6H,1-2H3;. The summed E-state index contributed by atoms with van der Waals surface area (Å²) in [5, 5.41) is 0. The van der Waals surface area contributed by atoms with Crippen LogP contribution < -0.4 is 0 Å². The zero-order chi connectivity index (χ0) is 7.28. The fourth-order valence-corrected chi connectivity index (χ4v) is 0.973. The molecule has 0 rings (SSSR count). The molecule has 0 saturated heterocycles. The van der Waals surface area contributed by atoms with E-state index in [-0.39, 0.29) is 0 Å². The van der Waals surface area contributed by atoms with Gasteiger partial charge in [0.15, 0.2) is 0 Å². The molecule has 0 atom stereocenters. The van der Waals surface area contributed by atoms with Crippen LogP contribution in [0.4, 0.5) is 0 Å². The Bertz CT molecular complexity index is 126. The zero-order valence-electron chi connectivity index (χ0n) is 5.63. The summed E-state index contributed by atoms with van der Waals surface area (Å²) < 4.78 is 1.90. The minimum absolute atomic E-state index is 0.473. The number of hydrogen-bond acceptors (Lipinski definition) is 1. The van der Waals surface area contributed by atoms with Gasteiger partial charge in [0, 0.05) is 0 Å². The molecule has 0 aliphatic carbocycles. The molecule has 50 valence electrons. The van der Waals surface area contributed by atoms with E-state index in [2.05, 4.69) is 13.8 Å². The summed E-state index contributed by atoms with van der Waals surface area (Å²) in [6.07, 6.45) is 2.85. The molecule has 0 aromatic heterocycles. The third kappa shape index (κ3) is 4.47. The van der Waals surface area contributed by atoms with Crippen LogP contribution in [0.3, 0.4) is 0 Å². The Morgan fingerprint density at radius 2 is 2.11 bits per heavy atom. The fourth-order valence-electron chi connectivity index (χ4n) is 0.491. The van der Waals surface area contributed by atoms with Crippen molar-refractivity contribution in [3.63, 3.8) is 0 Å². The average Bonchev–Trinajstić information content (AvgIpc) is 1.82. The third-order valence-corrected chi connectivity index (χ3v) is 1.78. The molecule has 9 heavy (non-hydrogen) atoms. The molecule has 0 aromatic carbocycles. The first-order chi connectivity index (χ1) is 4.20. The molecular weight excluding hydrogens is 284 g/mol. The van der Waals surface area contributed by atoms with E-state index in [9.17, 15) is 4.79 Å². The molecule has 0 amide bonds. The van der Waals surface area contributed by atoms with Gasteiger partial charge in [-0.3, -0.25) is 0 Å². The van der Waals surface area contributed by atoms with E-state index in [1.165, 1.54) is 19.4 Å². The van der Waals surface area contributed by atoms with Crippen LogP contribution in [0.5, 0.6) is 0 Å². The van der Waals surface area contributed by atoms with Crippen molar-refractivity contribution in [3.8, 4) is 0 Å². The van der Waals surface area contributed by atoms with Gasteiger partial charge in [-0.15, -0.1) is 0 Å². The second kappa shape index (κ2) is 4.81. The second-order valence-corrected chi connectivity index (χ2v) is 2.99. The van der Waals surface area contributed by atoms with Gasteiger partial charge in [-0.25, -0.2) is 0 Å². The molecule has 0 aliphatic heterocycles. The first kappa shape index (κ1) is 8.97. The van der Waals surface area contributed by atoms with Gasteiger partial charge in [-0.1, -0.05) is 0 Å². The Morgan fingerprint density at radius 1 is 1.56 bits per heavy atom. The number of hydrogen-bond donors (Lipinski definition) is 0. The summed E-state index contributed by atoms with van der Waals surface area (Å²) in [5.41, 5.74) is 0.819. The van der Waals surface area contributed by atoms with Gasteiger partial charge in [-0.2, -0.15) is 0 Å². The molecule has 1 nitrogen and oxygen atoms in total. The van der Waals surface area contributed by atoms with Gasteiger partial charge < -0.3 is 0 Å². The fraction of sp³-hybridized carbons (Fsp3) is 0.429. The van der Waals surface area contributed by atoms with E-state index in [1.807, 2.05) is 10.5 Å². The van der Waals surface area contributed by atoms with E-state index in [0.29, 0.717) is 5.92 Å². The molecule has 0 heterocycles. The van der Waals surface area contributed by atoms with Crippen LogP contribution in [0.2, 0.25) is 0 Å². The van der Waals surface area contributed by atoms with Crippen molar-refractivity contribution < 1.29 is 24.1 Å². The molecule has 0 fully saturated rings. The topological polar surface area (TPSA) is 17.1 Å². The first-order valence-electron chi connectivity index (χ1n) is 2.83. The summed E-state index contributed by atoms with van der Waals surface area (Å²) in [7, 11) is 0. The van der Waals surface area contributed by atoms with Crippen molar-refractivity contribution in [2.45, 2.75) is 13.8 Å². The monoisotopic (exact) mass is 294 g/mol. The van der Waals surface area contributed by atoms with Crippen LogP contribution in [0, 0.1) is 5.92 Å². The first-order valence-corrected chi connectivity index (χ1v) is 4.52. The Hall–Kier alpha value is -0.0317. The molecule has 0 saturated carbocycles. The van der Waals surface area contributed by atoms with Gasteiger partial charge in [0.1, 0.15) is 0 Å². The summed E-state index contributed by atoms with van der Waals surface area (Å²) in [4.78, 5) is 10.2. The van der Waals surface area contributed by atoms with Crippen molar-refractivity contribution >= 4 is 10.7 Å². The molecule has 0 aliphatic rings. The molecule has 0 spiro atoms. The molecule has 0 unspecified atom stereocenters. The predicted molar refractivity (Wildman–Crippen MR) is 35.0 cm³/mol. The summed E-state index contributed by atoms with van der Waals surface area (Å²) in [5.74, 6) is 0.473. The van der Waals surface area contributed by atoms with Gasteiger partial charge in [0.05, 0.1) is 0 Å².